The number of nitrogens with one attached hydrogen (secondary N) is 1. The Balaban J connectivity index is 2.00. The van der Waals surface area contributed by atoms with E-state index in [2.05, 4.69) is 48.2 Å². The van der Waals surface area contributed by atoms with Gasteiger partial charge in [-0.05, 0) is 29.3 Å². The number of H-pyrrole nitrogens is 1. The second-order valence-corrected chi connectivity index (χ2v) is 8.07. The monoisotopic (exact) mass is 426 g/mol. The number of nitrogens with zero attached hydrogens (tertiary/aromatic N) is 3. The van der Waals surface area contributed by atoms with E-state index >= 15 is 0 Å². The molecule has 1 N–H and O–H groups in total. The summed E-state index contributed by atoms with van der Waals surface area (Å²) in [6, 6.07) is 11.8. The molecular weight excluding hydrogens is 400 g/mol. The Bertz CT molecular complexity index is 1110. The number of methoxy groups -OCH3 is 3. The molecule has 0 atom stereocenters. The lowest BCUT2D eigenvalue weighted by atomic mass is 9.87. The normalized spacial score (nSPS) is 11.7. The van der Waals surface area contributed by atoms with E-state index in [1.165, 1.54) is 5.56 Å². The van der Waals surface area contributed by atoms with Gasteiger partial charge in [0.15, 0.2) is 17.3 Å². The van der Waals surface area contributed by atoms with E-state index in [9.17, 15) is 0 Å². The zero-order valence-electron chi connectivity index (χ0n) is 18.0. The van der Waals surface area contributed by atoms with Crippen LogP contribution >= 0.6 is 12.2 Å². The minimum Gasteiger partial charge on any atom is -0.496 e. The molecular formula is C22H26N4O3S. The van der Waals surface area contributed by atoms with Crippen molar-refractivity contribution in [3.63, 3.8) is 0 Å². The Morgan fingerprint density at radius 2 is 1.57 bits per heavy atom. The minimum absolute atomic E-state index is 0.0748. The molecule has 0 saturated carbocycles. The Labute approximate surface area is 181 Å². The molecule has 3 rings (SSSR count). The van der Waals surface area contributed by atoms with Crippen molar-refractivity contribution in [1.29, 1.82) is 0 Å². The second-order valence-electron chi connectivity index (χ2n) is 7.69. The summed E-state index contributed by atoms with van der Waals surface area (Å²) in [6.07, 6.45) is 1.65. The number of hydrogen-bond donors (Lipinski definition) is 1. The van der Waals surface area contributed by atoms with E-state index in [-0.39, 0.29) is 5.41 Å². The lowest BCUT2D eigenvalue weighted by molar-refractivity contribution is 0.349. The third-order valence-electron chi connectivity index (χ3n) is 4.71. The number of rotatable bonds is 6. The summed E-state index contributed by atoms with van der Waals surface area (Å²) in [5.41, 5.74) is 2.94. The van der Waals surface area contributed by atoms with Gasteiger partial charge in [0.2, 0.25) is 4.77 Å². The van der Waals surface area contributed by atoms with Crippen molar-refractivity contribution >= 4 is 18.4 Å². The van der Waals surface area contributed by atoms with E-state index in [0.717, 1.165) is 5.56 Å². The van der Waals surface area contributed by atoms with Crippen molar-refractivity contribution in [1.82, 2.24) is 14.9 Å². The number of hydrogen-bond acceptors (Lipinski definition) is 6. The molecule has 0 unspecified atom stereocenters. The van der Waals surface area contributed by atoms with Crippen molar-refractivity contribution in [3.05, 3.63) is 52.3 Å². The van der Waals surface area contributed by atoms with Crippen molar-refractivity contribution in [2.24, 2.45) is 5.10 Å². The van der Waals surface area contributed by atoms with Gasteiger partial charge in [0, 0.05) is 17.2 Å². The summed E-state index contributed by atoms with van der Waals surface area (Å²) in [5.74, 6) is 2.37. The highest BCUT2D eigenvalue weighted by Crippen LogP contribution is 2.34. The van der Waals surface area contributed by atoms with Gasteiger partial charge in [-0.2, -0.15) is 14.9 Å². The third-order valence-corrected chi connectivity index (χ3v) is 4.97. The molecule has 1 heterocycles. The maximum atomic E-state index is 5.46. The van der Waals surface area contributed by atoms with Gasteiger partial charge in [0.25, 0.3) is 0 Å². The van der Waals surface area contributed by atoms with Gasteiger partial charge in [-0.15, -0.1) is 0 Å². The third kappa shape index (κ3) is 4.38. The summed E-state index contributed by atoms with van der Waals surface area (Å²) in [5, 5.41) is 11.7. The van der Waals surface area contributed by atoms with E-state index in [1.54, 1.807) is 44.4 Å². The van der Waals surface area contributed by atoms with Crippen molar-refractivity contribution in [2.75, 3.05) is 21.3 Å². The maximum absolute atomic E-state index is 5.46. The number of aromatic nitrogens is 3. The first kappa shape index (κ1) is 21.6. The number of ether oxygens (including phenoxy) is 3. The average molecular weight is 427 g/mol. The molecule has 0 amide bonds. The van der Waals surface area contributed by atoms with Crippen LogP contribution in [0.2, 0.25) is 0 Å². The van der Waals surface area contributed by atoms with Crippen LogP contribution in [-0.4, -0.2) is 42.4 Å². The predicted molar refractivity (Wildman–Crippen MR) is 121 cm³/mol. The van der Waals surface area contributed by atoms with Gasteiger partial charge in [-0.25, -0.2) is 5.10 Å². The first-order valence-corrected chi connectivity index (χ1v) is 9.82. The number of benzene rings is 2. The van der Waals surface area contributed by atoms with E-state index in [4.69, 9.17) is 26.4 Å². The number of aromatic amines is 1. The highest BCUT2D eigenvalue weighted by Gasteiger charge is 2.15. The molecule has 0 aliphatic carbocycles. The molecule has 0 spiro atoms. The van der Waals surface area contributed by atoms with Crippen molar-refractivity contribution < 1.29 is 14.2 Å². The van der Waals surface area contributed by atoms with Crippen LogP contribution in [-0.2, 0) is 5.41 Å². The fourth-order valence-electron chi connectivity index (χ4n) is 2.98. The van der Waals surface area contributed by atoms with E-state index in [0.29, 0.717) is 33.4 Å². The maximum Gasteiger partial charge on any atom is 0.216 e. The molecule has 0 radical (unpaired) electrons. The topological polar surface area (TPSA) is 73.7 Å². The van der Waals surface area contributed by atoms with Gasteiger partial charge in [0.1, 0.15) is 5.75 Å². The molecule has 0 fully saturated rings. The SMILES string of the molecule is COc1cc(OC)c(OC)cc1/C=N\n1c(-c2ccc(C(C)(C)C)cc2)n[nH]c1=S. The summed E-state index contributed by atoms with van der Waals surface area (Å²) in [6.45, 7) is 6.54. The standard InChI is InChI=1S/C22H26N4O3S/c1-22(2,3)16-9-7-14(8-10-16)20-24-25-21(30)26(20)23-13-15-11-18(28-5)19(29-6)12-17(15)27-4/h7-13H,1-6H3,(H,25,30)/b23-13-. The van der Waals surface area contributed by atoms with Crippen molar-refractivity contribution in [3.8, 4) is 28.6 Å². The summed E-state index contributed by atoms with van der Waals surface area (Å²) in [4.78, 5) is 0. The summed E-state index contributed by atoms with van der Waals surface area (Å²) in [7, 11) is 4.74. The lowest BCUT2D eigenvalue weighted by Crippen LogP contribution is -2.10. The molecule has 0 aliphatic heterocycles. The quantitative estimate of drug-likeness (QED) is 0.452. The van der Waals surface area contributed by atoms with Gasteiger partial charge in [-0.1, -0.05) is 45.0 Å². The van der Waals surface area contributed by atoms with Crippen LogP contribution in [0.4, 0.5) is 0 Å². The Hall–Kier alpha value is -3.13. The predicted octanol–water partition coefficient (Wildman–Crippen LogP) is 4.81. The zero-order valence-corrected chi connectivity index (χ0v) is 18.8. The molecule has 158 valence electrons. The highest BCUT2D eigenvalue weighted by molar-refractivity contribution is 7.71. The van der Waals surface area contributed by atoms with Gasteiger partial charge >= 0.3 is 0 Å². The fourth-order valence-corrected chi connectivity index (χ4v) is 3.16. The van der Waals surface area contributed by atoms with Gasteiger partial charge in [0.05, 0.1) is 27.5 Å². The molecule has 3 aromatic rings. The molecule has 0 bridgehead atoms. The molecule has 2 aromatic carbocycles. The average Bonchev–Trinajstić information content (AvgIpc) is 3.11. The highest BCUT2D eigenvalue weighted by atomic mass is 32.1. The van der Waals surface area contributed by atoms with Crippen LogP contribution in [0.1, 0.15) is 31.9 Å². The van der Waals surface area contributed by atoms with Crippen LogP contribution in [0.15, 0.2) is 41.5 Å². The van der Waals surface area contributed by atoms with Crippen LogP contribution in [0, 0.1) is 4.77 Å². The Morgan fingerprint density at radius 1 is 0.967 bits per heavy atom. The smallest absolute Gasteiger partial charge is 0.216 e. The van der Waals surface area contributed by atoms with Crippen LogP contribution in [0.3, 0.4) is 0 Å². The molecule has 30 heavy (non-hydrogen) atoms. The summed E-state index contributed by atoms with van der Waals surface area (Å²) < 4.78 is 18.1. The minimum atomic E-state index is 0.0748. The van der Waals surface area contributed by atoms with E-state index < -0.39 is 0 Å². The Kier molecular flexibility index (Phi) is 6.26. The zero-order chi connectivity index (χ0) is 21.9. The first-order valence-electron chi connectivity index (χ1n) is 9.41. The van der Waals surface area contributed by atoms with Crippen LogP contribution in [0.5, 0.6) is 17.2 Å². The van der Waals surface area contributed by atoms with E-state index in [1.807, 2.05) is 12.1 Å². The van der Waals surface area contributed by atoms with Crippen molar-refractivity contribution in [2.45, 2.75) is 26.2 Å². The summed E-state index contributed by atoms with van der Waals surface area (Å²) >= 11 is 5.38. The lowest BCUT2D eigenvalue weighted by Gasteiger charge is -2.18. The van der Waals surface area contributed by atoms with Gasteiger partial charge in [-0.3, -0.25) is 0 Å². The second kappa shape index (κ2) is 8.71. The fraction of sp³-hybridized carbons (Fsp3) is 0.318. The largest absolute Gasteiger partial charge is 0.496 e. The molecule has 8 heteroatoms. The Morgan fingerprint density at radius 3 is 2.13 bits per heavy atom. The molecule has 0 saturated heterocycles. The molecule has 7 nitrogen and oxygen atoms in total. The first-order chi connectivity index (χ1) is 14.3. The van der Waals surface area contributed by atoms with Crippen LogP contribution in [0.25, 0.3) is 11.4 Å². The van der Waals surface area contributed by atoms with Gasteiger partial charge < -0.3 is 14.2 Å². The van der Waals surface area contributed by atoms with Crippen LogP contribution < -0.4 is 14.2 Å². The molecule has 0 aliphatic rings. The molecule has 1 aromatic heterocycles.